The summed E-state index contributed by atoms with van der Waals surface area (Å²) in [6.07, 6.45) is 7.03. The molecule has 0 rings (SSSR count). The van der Waals surface area contributed by atoms with Crippen molar-refractivity contribution in [3.8, 4) is 0 Å². The van der Waals surface area contributed by atoms with Crippen LogP contribution in [0.5, 0.6) is 0 Å². The van der Waals surface area contributed by atoms with Gasteiger partial charge in [-0.2, -0.15) is 0 Å². The van der Waals surface area contributed by atoms with Gasteiger partial charge < -0.3 is 24.0 Å². The van der Waals surface area contributed by atoms with Crippen molar-refractivity contribution < 1.29 is 8.85 Å². The van der Waals surface area contributed by atoms with E-state index < -0.39 is 8.56 Å². The van der Waals surface area contributed by atoms with Crippen molar-refractivity contribution in [2.75, 3.05) is 59.7 Å². The second-order valence-corrected chi connectivity index (χ2v) is 11.2. The number of nitrogens with zero attached hydrogens (tertiary/aromatic N) is 2. The SMILES string of the molecule is CCCN(CC)CCCN(CCCNC(CC)CC)C[Si](CC)(OC)OC. The summed E-state index contributed by atoms with van der Waals surface area (Å²) < 4.78 is 11.8. The predicted molar refractivity (Wildman–Crippen MR) is 121 cm³/mol. The monoisotopic (exact) mass is 403 g/mol. The summed E-state index contributed by atoms with van der Waals surface area (Å²) in [6, 6.07) is 1.66. The van der Waals surface area contributed by atoms with Crippen molar-refractivity contribution in [2.45, 2.75) is 78.8 Å². The van der Waals surface area contributed by atoms with Gasteiger partial charge in [0.05, 0.1) is 0 Å². The fourth-order valence-electron chi connectivity index (χ4n) is 3.67. The van der Waals surface area contributed by atoms with E-state index in [0.717, 1.165) is 38.4 Å². The van der Waals surface area contributed by atoms with E-state index in [-0.39, 0.29) is 0 Å². The number of hydrogen-bond acceptors (Lipinski definition) is 5. The standard InChI is InChI=1S/C21H49N3O2Si/c1-8-16-23(11-4)18-14-19-24(20-27(12-5,25-6)26-7)17-13-15-22-21(9-2)10-3/h21-22H,8-20H2,1-7H3. The Hall–Kier alpha value is 0.0169. The lowest BCUT2D eigenvalue weighted by molar-refractivity contribution is 0.193. The van der Waals surface area contributed by atoms with E-state index in [2.05, 4.69) is 49.7 Å². The molecule has 0 fully saturated rings. The smallest absolute Gasteiger partial charge is 0.351 e. The molecule has 0 atom stereocenters. The van der Waals surface area contributed by atoms with Crippen LogP contribution >= 0.6 is 0 Å². The van der Waals surface area contributed by atoms with Gasteiger partial charge in [0, 0.05) is 26.4 Å². The van der Waals surface area contributed by atoms with Crippen LogP contribution in [0.25, 0.3) is 0 Å². The van der Waals surface area contributed by atoms with Gasteiger partial charge in [-0.25, -0.2) is 0 Å². The summed E-state index contributed by atoms with van der Waals surface area (Å²) in [7, 11) is 1.57. The minimum Gasteiger partial charge on any atom is -0.397 e. The van der Waals surface area contributed by atoms with Crippen LogP contribution in [-0.2, 0) is 8.85 Å². The lowest BCUT2D eigenvalue weighted by Crippen LogP contribution is -2.51. The summed E-state index contributed by atoms with van der Waals surface area (Å²) in [5.41, 5.74) is 0. The zero-order chi connectivity index (χ0) is 20.5. The molecule has 6 heteroatoms. The fourth-order valence-corrected chi connectivity index (χ4v) is 5.90. The maximum atomic E-state index is 5.88. The lowest BCUT2D eigenvalue weighted by atomic mass is 10.2. The first-order valence-corrected chi connectivity index (χ1v) is 13.6. The van der Waals surface area contributed by atoms with Gasteiger partial charge in [0.2, 0.25) is 0 Å². The second kappa shape index (κ2) is 16.9. The van der Waals surface area contributed by atoms with Crippen LogP contribution in [-0.4, -0.2) is 84.1 Å². The highest BCUT2D eigenvalue weighted by molar-refractivity contribution is 6.67. The zero-order valence-electron chi connectivity index (χ0n) is 19.5. The van der Waals surface area contributed by atoms with Gasteiger partial charge in [-0.3, -0.25) is 0 Å². The molecule has 0 aliphatic rings. The van der Waals surface area contributed by atoms with Gasteiger partial charge in [0.25, 0.3) is 0 Å². The Morgan fingerprint density at radius 1 is 0.815 bits per heavy atom. The molecule has 0 heterocycles. The Labute approximate surface area is 171 Å². The Kier molecular flexibility index (Phi) is 16.9. The maximum Gasteiger partial charge on any atom is 0.351 e. The van der Waals surface area contributed by atoms with Crippen molar-refractivity contribution in [1.82, 2.24) is 15.1 Å². The van der Waals surface area contributed by atoms with Crippen LogP contribution in [0.1, 0.15) is 66.7 Å². The molecule has 0 radical (unpaired) electrons. The highest BCUT2D eigenvalue weighted by atomic mass is 28.4. The van der Waals surface area contributed by atoms with Crippen LogP contribution in [0.2, 0.25) is 6.04 Å². The van der Waals surface area contributed by atoms with Crippen LogP contribution in [0, 0.1) is 0 Å². The molecule has 0 bridgehead atoms. The fraction of sp³-hybridized carbons (Fsp3) is 1.00. The molecule has 0 aromatic heterocycles. The van der Waals surface area contributed by atoms with E-state index >= 15 is 0 Å². The molecule has 5 nitrogen and oxygen atoms in total. The number of rotatable bonds is 19. The molecular weight excluding hydrogens is 354 g/mol. The van der Waals surface area contributed by atoms with Crippen LogP contribution in [0.3, 0.4) is 0 Å². The average molecular weight is 404 g/mol. The van der Waals surface area contributed by atoms with E-state index in [9.17, 15) is 0 Å². The van der Waals surface area contributed by atoms with Crippen molar-refractivity contribution in [1.29, 1.82) is 0 Å². The Balaban J connectivity index is 4.60. The van der Waals surface area contributed by atoms with Gasteiger partial charge in [-0.05, 0) is 77.4 Å². The topological polar surface area (TPSA) is 37.0 Å². The normalized spacial score (nSPS) is 12.7. The first kappa shape index (κ1) is 27.0. The zero-order valence-corrected chi connectivity index (χ0v) is 20.5. The van der Waals surface area contributed by atoms with Gasteiger partial charge in [-0.1, -0.05) is 34.6 Å². The van der Waals surface area contributed by atoms with Crippen molar-refractivity contribution in [2.24, 2.45) is 0 Å². The van der Waals surface area contributed by atoms with Gasteiger partial charge in [0.15, 0.2) is 0 Å². The summed E-state index contributed by atoms with van der Waals surface area (Å²) >= 11 is 0. The third kappa shape index (κ3) is 11.6. The highest BCUT2D eigenvalue weighted by Gasteiger charge is 2.35. The Morgan fingerprint density at radius 2 is 1.41 bits per heavy atom. The van der Waals surface area contributed by atoms with Crippen LogP contribution in [0.15, 0.2) is 0 Å². The minimum absolute atomic E-state index is 0.660. The molecule has 0 amide bonds. The third-order valence-electron chi connectivity index (χ3n) is 5.75. The highest BCUT2D eigenvalue weighted by Crippen LogP contribution is 2.14. The van der Waals surface area contributed by atoms with Gasteiger partial charge in [0.1, 0.15) is 0 Å². The molecule has 0 aromatic carbocycles. The van der Waals surface area contributed by atoms with Crippen LogP contribution < -0.4 is 5.32 Å². The first-order valence-electron chi connectivity index (χ1n) is 11.3. The van der Waals surface area contributed by atoms with Crippen molar-refractivity contribution >= 4 is 8.56 Å². The quantitative estimate of drug-likeness (QED) is 0.262. The Morgan fingerprint density at radius 3 is 1.89 bits per heavy atom. The number of hydrogen-bond donors (Lipinski definition) is 1. The van der Waals surface area contributed by atoms with E-state index in [1.165, 1.54) is 45.2 Å². The van der Waals surface area contributed by atoms with E-state index in [4.69, 9.17) is 8.85 Å². The van der Waals surface area contributed by atoms with Crippen molar-refractivity contribution in [3.05, 3.63) is 0 Å². The molecule has 0 aliphatic heterocycles. The molecule has 0 spiro atoms. The predicted octanol–water partition coefficient (Wildman–Crippen LogP) is 3.87. The summed E-state index contributed by atoms with van der Waals surface area (Å²) in [4.78, 5) is 5.15. The maximum absolute atomic E-state index is 5.88. The molecule has 0 unspecified atom stereocenters. The van der Waals surface area contributed by atoms with Gasteiger partial charge >= 0.3 is 8.56 Å². The molecule has 27 heavy (non-hydrogen) atoms. The lowest BCUT2D eigenvalue weighted by Gasteiger charge is -2.33. The molecule has 0 saturated heterocycles. The number of nitrogens with one attached hydrogen (secondary N) is 1. The first-order chi connectivity index (χ1) is 13.0. The van der Waals surface area contributed by atoms with E-state index in [1.807, 2.05) is 14.2 Å². The average Bonchev–Trinajstić information content (AvgIpc) is 2.71. The van der Waals surface area contributed by atoms with E-state index in [1.54, 1.807) is 0 Å². The van der Waals surface area contributed by atoms with Gasteiger partial charge in [-0.15, -0.1) is 0 Å². The Bertz CT molecular complexity index is 318. The molecule has 1 N–H and O–H groups in total. The molecule has 164 valence electrons. The minimum atomic E-state index is -2.09. The summed E-state index contributed by atoms with van der Waals surface area (Å²) in [5.74, 6) is 0. The largest absolute Gasteiger partial charge is 0.397 e. The second-order valence-electron chi connectivity index (χ2n) is 7.56. The molecular formula is C21H49N3O2Si. The summed E-state index contributed by atoms with van der Waals surface area (Å²) in [5, 5.41) is 3.69. The van der Waals surface area contributed by atoms with Crippen LogP contribution in [0.4, 0.5) is 0 Å². The van der Waals surface area contributed by atoms with Crippen molar-refractivity contribution in [3.63, 3.8) is 0 Å². The van der Waals surface area contributed by atoms with E-state index in [0.29, 0.717) is 6.04 Å². The molecule has 0 aliphatic carbocycles. The third-order valence-corrected chi connectivity index (χ3v) is 9.25. The molecule has 0 aromatic rings. The molecule has 0 saturated carbocycles. The summed E-state index contributed by atoms with van der Waals surface area (Å²) in [6.45, 7) is 18.2.